The van der Waals surface area contributed by atoms with Gasteiger partial charge in [0.25, 0.3) is 11.8 Å². The summed E-state index contributed by atoms with van der Waals surface area (Å²) in [5, 5.41) is 6.62. The highest BCUT2D eigenvalue weighted by Crippen LogP contribution is 2.45. The monoisotopic (exact) mass is 618 g/mol. The summed E-state index contributed by atoms with van der Waals surface area (Å²) in [6.45, 7) is 5.83. The van der Waals surface area contributed by atoms with Crippen LogP contribution in [0.3, 0.4) is 0 Å². The third kappa shape index (κ3) is 5.38. The molecule has 0 atom stereocenters. The first-order valence-corrected chi connectivity index (χ1v) is 15.2. The van der Waals surface area contributed by atoms with Gasteiger partial charge in [0.2, 0.25) is 0 Å². The first kappa shape index (κ1) is 30.6. The van der Waals surface area contributed by atoms with Crippen LogP contribution in [0, 0.1) is 18.6 Å². The Morgan fingerprint density at radius 2 is 1.65 bits per heavy atom. The van der Waals surface area contributed by atoms with Gasteiger partial charge in [-0.25, -0.2) is 18.7 Å². The number of aromatic nitrogens is 2. The lowest BCUT2D eigenvalue weighted by atomic mass is 9.94. The number of carbonyl (C=O) groups excluding carboxylic acids is 2. The van der Waals surface area contributed by atoms with Crippen LogP contribution in [0.2, 0.25) is 0 Å². The van der Waals surface area contributed by atoms with Crippen molar-refractivity contribution >= 4 is 33.8 Å². The van der Waals surface area contributed by atoms with Crippen molar-refractivity contribution in [1.82, 2.24) is 20.6 Å². The van der Waals surface area contributed by atoms with E-state index in [9.17, 15) is 14.0 Å². The van der Waals surface area contributed by atoms with Gasteiger partial charge < -0.3 is 15.1 Å². The zero-order chi connectivity index (χ0) is 32.6. The number of nitrogens with zero attached hydrogens (tertiary/aromatic N) is 2. The predicted molar refractivity (Wildman–Crippen MR) is 174 cm³/mol. The molecule has 2 amide bonds. The van der Waals surface area contributed by atoms with E-state index in [1.54, 1.807) is 36.5 Å². The SMILES string of the molecule is CC.CNC(=O)c1c(-c2ccc(F)cc2)oc2ccc(-c3cc(C(=O)NC4(c5ccc6cccnc6n5)CC4)ccc3C)c(F)c12. The Morgan fingerprint density at radius 3 is 2.37 bits per heavy atom. The number of nitrogens with one attached hydrogen (secondary N) is 2. The molecule has 1 saturated carbocycles. The highest BCUT2D eigenvalue weighted by molar-refractivity contribution is 6.12. The molecular formula is C37H32F2N4O3. The van der Waals surface area contributed by atoms with E-state index >= 15 is 4.39 Å². The van der Waals surface area contributed by atoms with Crippen LogP contribution < -0.4 is 10.6 Å². The average molecular weight is 619 g/mol. The minimum absolute atomic E-state index is 0.00310. The molecule has 0 aliphatic heterocycles. The predicted octanol–water partition coefficient (Wildman–Crippen LogP) is 8.10. The van der Waals surface area contributed by atoms with Gasteiger partial charge >= 0.3 is 0 Å². The maximum atomic E-state index is 16.4. The van der Waals surface area contributed by atoms with E-state index in [0.717, 1.165) is 29.5 Å². The topological polar surface area (TPSA) is 97.1 Å². The Labute approximate surface area is 264 Å². The first-order valence-electron chi connectivity index (χ1n) is 15.2. The van der Waals surface area contributed by atoms with E-state index in [1.807, 2.05) is 45.0 Å². The Bertz CT molecular complexity index is 2120. The Kier molecular flexibility index (Phi) is 8.08. The molecule has 3 heterocycles. The summed E-state index contributed by atoms with van der Waals surface area (Å²) in [5.74, 6) is -1.83. The van der Waals surface area contributed by atoms with Crippen LogP contribution in [0.4, 0.5) is 8.78 Å². The van der Waals surface area contributed by atoms with Gasteiger partial charge in [-0.15, -0.1) is 0 Å². The number of benzene rings is 3. The van der Waals surface area contributed by atoms with Gasteiger partial charge in [0, 0.05) is 35.3 Å². The van der Waals surface area contributed by atoms with E-state index in [4.69, 9.17) is 9.40 Å². The van der Waals surface area contributed by atoms with E-state index in [0.29, 0.717) is 22.3 Å². The Morgan fingerprint density at radius 1 is 0.891 bits per heavy atom. The minimum Gasteiger partial charge on any atom is -0.455 e. The number of carbonyl (C=O) groups is 2. The molecule has 0 spiro atoms. The fraction of sp³-hybridized carbons (Fsp3) is 0.189. The zero-order valence-corrected chi connectivity index (χ0v) is 25.9. The maximum Gasteiger partial charge on any atom is 0.255 e. The number of aryl methyl sites for hydroxylation is 1. The van der Waals surface area contributed by atoms with Gasteiger partial charge in [-0.2, -0.15) is 0 Å². The molecule has 7 nitrogen and oxygen atoms in total. The summed E-state index contributed by atoms with van der Waals surface area (Å²) in [6.07, 6.45) is 3.17. The van der Waals surface area contributed by atoms with Crippen LogP contribution >= 0.6 is 0 Å². The number of hydrogen-bond donors (Lipinski definition) is 2. The summed E-state index contributed by atoms with van der Waals surface area (Å²) >= 11 is 0. The van der Waals surface area contributed by atoms with Crippen LogP contribution in [-0.2, 0) is 5.54 Å². The lowest BCUT2D eigenvalue weighted by Crippen LogP contribution is -2.35. The molecule has 0 radical (unpaired) electrons. The second-order valence-electron chi connectivity index (χ2n) is 11.0. The molecule has 1 aliphatic rings. The van der Waals surface area contributed by atoms with E-state index in [2.05, 4.69) is 15.6 Å². The van der Waals surface area contributed by atoms with Crippen LogP contribution in [-0.4, -0.2) is 28.8 Å². The Balaban J connectivity index is 0.00000182. The van der Waals surface area contributed by atoms with E-state index in [1.165, 1.54) is 31.3 Å². The maximum absolute atomic E-state index is 16.4. The molecule has 6 aromatic rings. The van der Waals surface area contributed by atoms with Crippen molar-refractivity contribution in [3.8, 4) is 22.5 Å². The van der Waals surface area contributed by atoms with Crippen molar-refractivity contribution in [2.45, 2.75) is 39.2 Å². The molecule has 1 aliphatic carbocycles. The molecule has 7 rings (SSSR count). The summed E-state index contributed by atoms with van der Waals surface area (Å²) in [4.78, 5) is 35.6. The molecule has 232 valence electrons. The fourth-order valence-corrected chi connectivity index (χ4v) is 5.64. The first-order chi connectivity index (χ1) is 22.3. The van der Waals surface area contributed by atoms with Gasteiger partial charge in [0.1, 0.15) is 23.0 Å². The zero-order valence-electron chi connectivity index (χ0n) is 25.9. The van der Waals surface area contributed by atoms with Gasteiger partial charge in [-0.05, 0) is 104 Å². The smallest absolute Gasteiger partial charge is 0.255 e. The molecule has 0 unspecified atom stereocenters. The number of fused-ring (bicyclic) bond motifs is 2. The van der Waals surface area contributed by atoms with Crippen molar-refractivity contribution < 1.29 is 22.8 Å². The van der Waals surface area contributed by atoms with Gasteiger partial charge in [-0.1, -0.05) is 19.9 Å². The van der Waals surface area contributed by atoms with Gasteiger partial charge in [0.15, 0.2) is 5.65 Å². The van der Waals surface area contributed by atoms with Crippen molar-refractivity contribution in [3.63, 3.8) is 0 Å². The molecule has 0 bridgehead atoms. The molecule has 1 fully saturated rings. The third-order valence-corrected chi connectivity index (χ3v) is 8.20. The van der Waals surface area contributed by atoms with E-state index in [-0.39, 0.29) is 33.8 Å². The molecule has 3 aromatic heterocycles. The van der Waals surface area contributed by atoms with Crippen molar-refractivity contribution in [3.05, 3.63) is 119 Å². The van der Waals surface area contributed by atoms with Crippen LogP contribution in [0.25, 0.3) is 44.5 Å². The summed E-state index contributed by atoms with van der Waals surface area (Å²) < 4.78 is 36.0. The molecule has 2 N–H and O–H groups in total. The van der Waals surface area contributed by atoms with Crippen LogP contribution in [0.5, 0.6) is 0 Å². The number of pyridine rings is 2. The minimum atomic E-state index is -0.662. The van der Waals surface area contributed by atoms with Crippen molar-refractivity contribution in [1.29, 1.82) is 0 Å². The number of halogens is 2. The summed E-state index contributed by atoms with van der Waals surface area (Å²) in [7, 11) is 1.44. The number of hydrogen-bond acceptors (Lipinski definition) is 5. The number of rotatable bonds is 6. The quantitative estimate of drug-likeness (QED) is 0.197. The van der Waals surface area contributed by atoms with Crippen LogP contribution in [0.1, 0.15) is 58.7 Å². The highest BCUT2D eigenvalue weighted by Gasteiger charge is 2.47. The van der Waals surface area contributed by atoms with E-state index < -0.39 is 23.1 Å². The fourth-order valence-electron chi connectivity index (χ4n) is 5.64. The highest BCUT2D eigenvalue weighted by atomic mass is 19.1. The largest absolute Gasteiger partial charge is 0.455 e. The lowest BCUT2D eigenvalue weighted by molar-refractivity contribution is 0.0928. The van der Waals surface area contributed by atoms with Gasteiger partial charge in [0.05, 0.1) is 22.2 Å². The lowest BCUT2D eigenvalue weighted by Gasteiger charge is -2.18. The molecule has 9 heteroatoms. The van der Waals surface area contributed by atoms with Crippen molar-refractivity contribution in [2.24, 2.45) is 0 Å². The second kappa shape index (κ2) is 12.2. The van der Waals surface area contributed by atoms with Crippen molar-refractivity contribution in [2.75, 3.05) is 7.05 Å². The normalized spacial score (nSPS) is 13.2. The second-order valence-corrected chi connectivity index (χ2v) is 11.0. The molecule has 0 saturated heterocycles. The molecule has 3 aromatic carbocycles. The average Bonchev–Trinajstić information content (AvgIpc) is 3.76. The van der Waals surface area contributed by atoms with Crippen LogP contribution in [0.15, 0.2) is 89.5 Å². The third-order valence-electron chi connectivity index (χ3n) is 8.20. The summed E-state index contributed by atoms with van der Waals surface area (Å²) in [5.41, 5.74) is 3.21. The number of furan rings is 1. The molecule has 46 heavy (non-hydrogen) atoms. The number of amides is 2. The molecular weight excluding hydrogens is 586 g/mol. The Hall–Kier alpha value is -5.44. The summed E-state index contributed by atoms with van der Waals surface area (Å²) in [6, 6.07) is 21.4. The standard InChI is InChI=1S/C35H26F2N4O3.C2H6/c1-19-5-6-22(33(42)41-35(15-16-35)27-14-9-21-4-3-17-39-32(21)40-27)18-25(19)24-12-13-26-28(30(24)37)29(34(43)38-2)31(44-26)20-7-10-23(36)11-8-20;1-2/h3-14,17-18H,15-16H2,1-2H3,(H,38,43)(H,41,42);1-2H3. The van der Waals surface area contributed by atoms with Gasteiger partial charge in [-0.3, -0.25) is 9.59 Å².